The Bertz CT molecular complexity index is 298. The fourth-order valence-corrected chi connectivity index (χ4v) is 2.33. The zero-order valence-electron chi connectivity index (χ0n) is 9.20. The molecule has 2 N–H and O–H groups in total. The van der Waals surface area contributed by atoms with Crippen LogP contribution in [-0.2, 0) is 10.3 Å². The number of aromatic nitrogens is 1. The largest absolute Gasteiger partial charge is 0.382 e. The van der Waals surface area contributed by atoms with E-state index in [4.69, 9.17) is 10.5 Å². The molecule has 0 aromatic carbocycles. The van der Waals surface area contributed by atoms with Gasteiger partial charge in [-0.1, -0.05) is 13.8 Å². The second-order valence-electron chi connectivity index (χ2n) is 3.92. The average molecular weight is 214 g/mol. The van der Waals surface area contributed by atoms with Gasteiger partial charge >= 0.3 is 0 Å². The summed E-state index contributed by atoms with van der Waals surface area (Å²) >= 11 is 1.61. The third-order valence-electron chi connectivity index (χ3n) is 2.43. The van der Waals surface area contributed by atoms with Crippen molar-refractivity contribution in [1.29, 1.82) is 0 Å². The SMILES string of the molecule is COCC(N)(c1nc(C)cs1)C(C)C. The van der Waals surface area contributed by atoms with Crippen molar-refractivity contribution in [2.45, 2.75) is 26.3 Å². The minimum atomic E-state index is -0.451. The molecular weight excluding hydrogens is 196 g/mol. The number of aryl methyl sites for hydroxylation is 1. The van der Waals surface area contributed by atoms with E-state index in [0.717, 1.165) is 10.7 Å². The summed E-state index contributed by atoms with van der Waals surface area (Å²) in [7, 11) is 1.67. The molecule has 0 spiro atoms. The van der Waals surface area contributed by atoms with Crippen molar-refractivity contribution in [3.63, 3.8) is 0 Å². The first kappa shape index (κ1) is 11.6. The first-order chi connectivity index (χ1) is 6.50. The molecule has 0 aliphatic rings. The second-order valence-corrected chi connectivity index (χ2v) is 4.78. The van der Waals surface area contributed by atoms with Crippen LogP contribution in [0.15, 0.2) is 5.38 Å². The molecule has 0 aliphatic heterocycles. The topological polar surface area (TPSA) is 48.1 Å². The second kappa shape index (κ2) is 4.38. The van der Waals surface area contributed by atoms with Gasteiger partial charge < -0.3 is 10.5 Å². The van der Waals surface area contributed by atoms with E-state index < -0.39 is 5.54 Å². The molecule has 1 heterocycles. The molecule has 0 saturated carbocycles. The summed E-state index contributed by atoms with van der Waals surface area (Å²) in [5, 5.41) is 2.99. The Balaban J connectivity index is 2.98. The minimum absolute atomic E-state index is 0.313. The maximum atomic E-state index is 6.31. The number of hydrogen-bond donors (Lipinski definition) is 1. The lowest BCUT2D eigenvalue weighted by Gasteiger charge is -2.30. The predicted molar refractivity (Wildman–Crippen MR) is 59.4 cm³/mol. The number of rotatable bonds is 4. The van der Waals surface area contributed by atoms with Crippen LogP contribution in [0.5, 0.6) is 0 Å². The molecular formula is C10H18N2OS. The van der Waals surface area contributed by atoms with E-state index in [0.29, 0.717) is 12.5 Å². The monoisotopic (exact) mass is 214 g/mol. The summed E-state index contributed by atoms with van der Waals surface area (Å²) in [6.45, 7) is 6.68. The highest BCUT2D eigenvalue weighted by Gasteiger charge is 2.34. The Kier molecular flexibility index (Phi) is 3.64. The van der Waals surface area contributed by atoms with Crippen molar-refractivity contribution in [1.82, 2.24) is 4.98 Å². The number of hydrogen-bond acceptors (Lipinski definition) is 4. The summed E-state index contributed by atoms with van der Waals surface area (Å²) in [6, 6.07) is 0. The lowest BCUT2D eigenvalue weighted by Crippen LogP contribution is -2.46. The van der Waals surface area contributed by atoms with Crippen LogP contribution >= 0.6 is 11.3 Å². The standard InChI is InChI=1S/C10H18N2OS/c1-7(2)10(11,6-13-4)9-12-8(3)5-14-9/h5,7H,6,11H2,1-4H3. The predicted octanol–water partition coefficient (Wildman–Crippen LogP) is 1.91. The molecule has 0 bridgehead atoms. The van der Waals surface area contributed by atoms with E-state index in [2.05, 4.69) is 18.8 Å². The van der Waals surface area contributed by atoms with Crippen LogP contribution in [0.25, 0.3) is 0 Å². The van der Waals surface area contributed by atoms with Crippen LogP contribution in [-0.4, -0.2) is 18.7 Å². The number of nitrogens with zero attached hydrogens (tertiary/aromatic N) is 1. The fraction of sp³-hybridized carbons (Fsp3) is 0.700. The molecule has 4 heteroatoms. The third kappa shape index (κ3) is 2.13. The number of methoxy groups -OCH3 is 1. The average Bonchev–Trinajstić information content (AvgIpc) is 2.52. The maximum absolute atomic E-state index is 6.31. The molecule has 1 unspecified atom stereocenters. The molecule has 3 nitrogen and oxygen atoms in total. The molecule has 14 heavy (non-hydrogen) atoms. The van der Waals surface area contributed by atoms with Gasteiger partial charge in [-0.05, 0) is 12.8 Å². The molecule has 1 rings (SSSR count). The van der Waals surface area contributed by atoms with Gasteiger partial charge in [0, 0.05) is 18.2 Å². The number of thiazole rings is 1. The smallest absolute Gasteiger partial charge is 0.115 e. The fourth-order valence-electron chi connectivity index (χ4n) is 1.28. The lowest BCUT2D eigenvalue weighted by atomic mass is 9.89. The van der Waals surface area contributed by atoms with Crippen LogP contribution in [0.2, 0.25) is 0 Å². The third-order valence-corrected chi connectivity index (χ3v) is 3.58. The highest BCUT2D eigenvalue weighted by atomic mass is 32.1. The van der Waals surface area contributed by atoms with Crippen LogP contribution in [0.4, 0.5) is 0 Å². The summed E-state index contributed by atoms with van der Waals surface area (Å²) in [6.07, 6.45) is 0. The molecule has 0 amide bonds. The van der Waals surface area contributed by atoms with Gasteiger partial charge in [-0.25, -0.2) is 4.98 Å². The summed E-state index contributed by atoms with van der Waals surface area (Å²) in [5.41, 5.74) is 6.88. The molecule has 0 saturated heterocycles. The van der Waals surface area contributed by atoms with Crippen molar-refractivity contribution in [3.8, 4) is 0 Å². The molecule has 0 fully saturated rings. The van der Waals surface area contributed by atoms with E-state index in [-0.39, 0.29) is 0 Å². The van der Waals surface area contributed by atoms with Gasteiger partial charge in [0.2, 0.25) is 0 Å². The highest BCUT2D eigenvalue weighted by molar-refractivity contribution is 7.09. The molecule has 0 aliphatic carbocycles. The van der Waals surface area contributed by atoms with Gasteiger partial charge in [-0.3, -0.25) is 0 Å². The van der Waals surface area contributed by atoms with Gasteiger partial charge in [0.15, 0.2) is 0 Å². The Labute approximate surface area is 89.3 Å². The van der Waals surface area contributed by atoms with Crippen molar-refractivity contribution in [2.24, 2.45) is 11.7 Å². The lowest BCUT2D eigenvalue weighted by molar-refractivity contribution is 0.104. The highest BCUT2D eigenvalue weighted by Crippen LogP contribution is 2.29. The van der Waals surface area contributed by atoms with E-state index in [1.54, 1.807) is 18.4 Å². The van der Waals surface area contributed by atoms with Crippen LogP contribution in [0.3, 0.4) is 0 Å². The first-order valence-corrected chi connectivity index (χ1v) is 5.59. The van der Waals surface area contributed by atoms with E-state index in [1.807, 2.05) is 12.3 Å². The maximum Gasteiger partial charge on any atom is 0.115 e. The van der Waals surface area contributed by atoms with Crippen LogP contribution in [0.1, 0.15) is 24.5 Å². The normalized spacial score (nSPS) is 15.9. The van der Waals surface area contributed by atoms with Crippen molar-refractivity contribution < 1.29 is 4.74 Å². The Morgan fingerprint density at radius 1 is 1.64 bits per heavy atom. The quantitative estimate of drug-likeness (QED) is 0.833. The first-order valence-electron chi connectivity index (χ1n) is 4.71. The Hall–Kier alpha value is -0.450. The van der Waals surface area contributed by atoms with E-state index in [9.17, 15) is 0 Å². The van der Waals surface area contributed by atoms with Crippen molar-refractivity contribution >= 4 is 11.3 Å². The molecule has 80 valence electrons. The zero-order valence-corrected chi connectivity index (χ0v) is 10.0. The van der Waals surface area contributed by atoms with Crippen LogP contribution in [0, 0.1) is 12.8 Å². The van der Waals surface area contributed by atoms with Gasteiger partial charge in [0.05, 0.1) is 12.1 Å². The number of ether oxygens (including phenoxy) is 1. The summed E-state index contributed by atoms with van der Waals surface area (Å²) in [4.78, 5) is 4.44. The van der Waals surface area contributed by atoms with Crippen LogP contribution < -0.4 is 5.73 Å². The van der Waals surface area contributed by atoms with Gasteiger partial charge in [-0.15, -0.1) is 11.3 Å². The Morgan fingerprint density at radius 2 is 2.29 bits per heavy atom. The molecule has 1 aromatic rings. The zero-order chi connectivity index (χ0) is 10.8. The molecule has 1 aromatic heterocycles. The molecule has 0 radical (unpaired) electrons. The number of nitrogens with two attached hydrogens (primary N) is 1. The van der Waals surface area contributed by atoms with E-state index in [1.165, 1.54) is 0 Å². The van der Waals surface area contributed by atoms with E-state index >= 15 is 0 Å². The summed E-state index contributed by atoms with van der Waals surface area (Å²) in [5.74, 6) is 0.313. The van der Waals surface area contributed by atoms with Gasteiger partial charge in [0.25, 0.3) is 0 Å². The van der Waals surface area contributed by atoms with Gasteiger partial charge in [-0.2, -0.15) is 0 Å². The Morgan fingerprint density at radius 3 is 2.64 bits per heavy atom. The van der Waals surface area contributed by atoms with Crippen molar-refractivity contribution in [3.05, 3.63) is 16.1 Å². The minimum Gasteiger partial charge on any atom is -0.382 e. The molecule has 1 atom stereocenters. The van der Waals surface area contributed by atoms with Crippen molar-refractivity contribution in [2.75, 3.05) is 13.7 Å². The van der Waals surface area contributed by atoms with Gasteiger partial charge in [0.1, 0.15) is 5.01 Å². The summed E-state index contributed by atoms with van der Waals surface area (Å²) < 4.78 is 5.17.